The Bertz CT molecular complexity index is 633. The van der Waals surface area contributed by atoms with E-state index in [9.17, 15) is 5.11 Å². The monoisotopic (exact) mass is 322 g/mol. The molecule has 1 aromatic rings. The molecule has 24 heavy (non-hydrogen) atoms. The van der Waals surface area contributed by atoms with Crippen LogP contribution in [0.3, 0.4) is 0 Å². The third kappa shape index (κ3) is 4.59. The summed E-state index contributed by atoms with van der Waals surface area (Å²) in [5.41, 5.74) is 0.523. The molecule has 3 heteroatoms. The summed E-state index contributed by atoms with van der Waals surface area (Å²) in [6.45, 7) is 2.24. The first-order valence-corrected chi connectivity index (χ1v) is 9.18. The third-order valence-corrected chi connectivity index (χ3v) is 5.19. The Kier molecular flexibility index (Phi) is 5.22. The molecule has 0 bridgehead atoms. The highest BCUT2D eigenvalue weighted by atomic mass is 16.3. The second-order valence-corrected chi connectivity index (χ2v) is 7.50. The average molecular weight is 322 g/mol. The van der Waals surface area contributed by atoms with Crippen molar-refractivity contribution in [2.45, 2.75) is 76.7 Å². The van der Waals surface area contributed by atoms with E-state index in [-0.39, 0.29) is 5.41 Å². The Morgan fingerprint density at radius 1 is 0.833 bits per heavy atom. The molecular weight excluding hydrogens is 296 g/mol. The van der Waals surface area contributed by atoms with Gasteiger partial charge in [0, 0.05) is 5.41 Å². The van der Waals surface area contributed by atoms with Crippen LogP contribution in [0.25, 0.3) is 0 Å². The molecule has 0 saturated heterocycles. The number of nitrogens with zero attached hydrogens (tertiary/aromatic N) is 2. The van der Waals surface area contributed by atoms with Gasteiger partial charge in [-0.1, -0.05) is 37.5 Å². The van der Waals surface area contributed by atoms with Gasteiger partial charge in [0.2, 0.25) is 0 Å². The minimum Gasteiger partial charge on any atom is -0.378 e. The Labute approximate surface area is 145 Å². The van der Waals surface area contributed by atoms with Crippen molar-refractivity contribution in [2.24, 2.45) is 5.41 Å². The zero-order valence-corrected chi connectivity index (χ0v) is 14.6. The van der Waals surface area contributed by atoms with Gasteiger partial charge in [0.25, 0.3) is 0 Å². The summed E-state index contributed by atoms with van der Waals surface area (Å²) >= 11 is 0. The van der Waals surface area contributed by atoms with E-state index in [1.807, 2.05) is 0 Å². The van der Waals surface area contributed by atoms with Gasteiger partial charge in [-0.15, -0.1) is 0 Å². The molecule has 0 unspecified atom stereocenters. The first kappa shape index (κ1) is 17.0. The maximum absolute atomic E-state index is 10.5. The molecular formula is C21H26N2O. The highest BCUT2D eigenvalue weighted by molar-refractivity contribution is 5.34. The molecule has 0 amide bonds. The lowest BCUT2D eigenvalue weighted by molar-refractivity contribution is 0.0610. The van der Waals surface area contributed by atoms with Crippen LogP contribution in [0, 0.1) is 29.1 Å². The molecule has 3 rings (SSSR count). The van der Waals surface area contributed by atoms with Crippen molar-refractivity contribution in [3.63, 3.8) is 0 Å². The van der Waals surface area contributed by atoms with Gasteiger partial charge in [-0.05, 0) is 57.3 Å². The molecule has 2 fully saturated rings. The Hall–Kier alpha value is -1.84. The van der Waals surface area contributed by atoms with Gasteiger partial charge in [-0.3, -0.25) is 4.98 Å². The van der Waals surface area contributed by atoms with Gasteiger partial charge in [-0.2, -0.15) is 0 Å². The van der Waals surface area contributed by atoms with E-state index < -0.39 is 5.60 Å². The average Bonchev–Trinajstić information content (AvgIpc) is 2.60. The predicted molar refractivity (Wildman–Crippen MR) is 95.0 cm³/mol. The summed E-state index contributed by atoms with van der Waals surface area (Å²) in [7, 11) is 0. The number of hydrogen-bond acceptors (Lipinski definition) is 3. The summed E-state index contributed by atoms with van der Waals surface area (Å²) in [4.78, 5) is 8.69. The number of hydrogen-bond donors (Lipinski definition) is 1. The van der Waals surface area contributed by atoms with E-state index >= 15 is 0 Å². The SMILES string of the molecule is CC1(C#Cc2cncc(C#CC3(O)CCCCC3)n2)CCCCC1. The van der Waals surface area contributed by atoms with Crippen molar-refractivity contribution in [3.8, 4) is 23.7 Å². The molecule has 0 aliphatic heterocycles. The van der Waals surface area contributed by atoms with Crippen molar-refractivity contribution in [1.29, 1.82) is 0 Å². The third-order valence-electron chi connectivity index (χ3n) is 5.19. The second-order valence-electron chi connectivity index (χ2n) is 7.50. The minimum atomic E-state index is -0.850. The maximum atomic E-state index is 10.5. The van der Waals surface area contributed by atoms with Gasteiger partial charge in [0.15, 0.2) is 0 Å². The summed E-state index contributed by atoms with van der Waals surface area (Å²) in [6, 6.07) is 0. The Morgan fingerprint density at radius 2 is 1.38 bits per heavy atom. The molecule has 1 aromatic heterocycles. The Balaban J connectivity index is 1.73. The fourth-order valence-electron chi connectivity index (χ4n) is 3.60. The van der Waals surface area contributed by atoms with Gasteiger partial charge >= 0.3 is 0 Å². The predicted octanol–water partition coefficient (Wildman–Crippen LogP) is 3.85. The van der Waals surface area contributed by atoms with Crippen LogP contribution in [0.4, 0.5) is 0 Å². The molecule has 2 aliphatic carbocycles. The van der Waals surface area contributed by atoms with Gasteiger partial charge in [0.05, 0.1) is 12.4 Å². The van der Waals surface area contributed by atoms with Crippen LogP contribution >= 0.6 is 0 Å². The summed E-state index contributed by atoms with van der Waals surface area (Å²) in [5.74, 6) is 12.6. The number of rotatable bonds is 0. The van der Waals surface area contributed by atoms with Crippen molar-refractivity contribution in [1.82, 2.24) is 9.97 Å². The topological polar surface area (TPSA) is 46.0 Å². The molecule has 2 saturated carbocycles. The fraction of sp³-hybridized carbons (Fsp3) is 0.619. The molecule has 1 N–H and O–H groups in total. The second kappa shape index (κ2) is 7.37. The van der Waals surface area contributed by atoms with Crippen LogP contribution in [-0.2, 0) is 0 Å². The lowest BCUT2D eigenvalue weighted by Gasteiger charge is -2.27. The van der Waals surface area contributed by atoms with Crippen molar-refractivity contribution >= 4 is 0 Å². The van der Waals surface area contributed by atoms with Gasteiger partial charge in [-0.25, -0.2) is 4.98 Å². The zero-order valence-electron chi connectivity index (χ0n) is 14.6. The van der Waals surface area contributed by atoms with E-state index in [0.717, 1.165) is 25.7 Å². The molecule has 0 aromatic carbocycles. The van der Waals surface area contributed by atoms with Crippen LogP contribution < -0.4 is 0 Å². The molecule has 0 spiro atoms. The minimum absolute atomic E-state index is 0.110. The highest BCUT2D eigenvalue weighted by Gasteiger charge is 2.26. The van der Waals surface area contributed by atoms with Crippen molar-refractivity contribution in [3.05, 3.63) is 23.8 Å². The summed E-state index contributed by atoms with van der Waals surface area (Å²) < 4.78 is 0. The van der Waals surface area contributed by atoms with E-state index in [4.69, 9.17) is 0 Å². The molecule has 2 aliphatic rings. The molecule has 0 radical (unpaired) electrons. The quantitative estimate of drug-likeness (QED) is 0.738. The van der Waals surface area contributed by atoms with E-state index in [1.165, 1.54) is 38.5 Å². The van der Waals surface area contributed by atoms with Crippen LogP contribution in [0.2, 0.25) is 0 Å². The van der Waals surface area contributed by atoms with Crippen LogP contribution in [0.15, 0.2) is 12.4 Å². The van der Waals surface area contributed by atoms with E-state index in [1.54, 1.807) is 12.4 Å². The first-order valence-electron chi connectivity index (χ1n) is 9.18. The highest BCUT2D eigenvalue weighted by Crippen LogP contribution is 2.34. The normalized spacial score (nSPS) is 21.8. The lowest BCUT2D eigenvalue weighted by Crippen LogP contribution is -2.29. The molecule has 1 heterocycles. The molecule has 126 valence electrons. The Morgan fingerprint density at radius 3 is 2.00 bits per heavy atom. The molecule has 0 atom stereocenters. The van der Waals surface area contributed by atoms with Crippen LogP contribution in [0.1, 0.15) is 82.5 Å². The standard InChI is InChI=1S/C21H26N2O/c1-20(10-4-2-5-11-20)14-8-18-16-22-17-19(23-18)9-15-21(24)12-6-3-7-13-21/h16-17,24H,2-7,10-13H2,1H3. The largest absolute Gasteiger partial charge is 0.378 e. The smallest absolute Gasteiger partial charge is 0.133 e. The number of aliphatic hydroxyl groups is 1. The fourth-order valence-corrected chi connectivity index (χ4v) is 3.60. The summed E-state index contributed by atoms with van der Waals surface area (Å²) in [5, 5.41) is 10.5. The first-order chi connectivity index (χ1) is 11.6. The number of aromatic nitrogens is 2. The van der Waals surface area contributed by atoms with Gasteiger partial charge in [0.1, 0.15) is 17.0 Å². The van der Waals surface area contributed by atoms with Crippen molar-refractivity contribution < 1.29 is 5.11 Å². The van der Waals surface area contributed by atoms with Crippen LogP contribution in [0.5, 0.6) is 0 Å². The van der Waals surface area contributed by atoms with E-state index in [0.29, 0.717) is 11.4 Å². The van der Waals surface area contributed by atoms with E-state index in [2.05, 4.69) is 40.6 Å². The zero-order chi connectivity index (χ0) is 16.9. The lowest BCUT2D eigenvalue weighted by atomic mass is 9.76. The maximum Gasteiger partial charge on any atom is 0.133 e. The van der Waals surface area contributed by atoms with Crippen LogP contribution in [-0.4, -0.2) is 20.7 Å². The molecule has 3 nitrogen and oxygen atoms in total. The van der Waals surface area contributed by atoms with Gasteiger partial charge < -0.3 is 5.11 Å². The summed E-state index contributed by atoms with van der Waals surface area (Å²) in [6.07, 6.45) is 14.3. The van der Waals surface area contributed by atoms with Crippen molar-refractivity contribution in [2.75, 3.05) is 0 Å².